The summed E-state index contributed by atoms with van der Waals surface area (Å²) in [5.74, 6) is -0.446. The first-order valence-corrected chi connectivity index (χ1v) is 9.56. The molecule has 1 heterocycles. The minimum Gasteiger partial charge on any atom is -0.506 e. The summed E-state index contributed by atoms with van der Waals surface area (Å²) in [6.45, 7) is 5.38. The van der Waals surface area contributed by atoms with Gasteiger partial charge in [0.2, 0.25) is 0 Å². The molecule has 0 atom stereocenters. The Kier molecular flexibility index (Phi) is 6.20. The molecule has 0 aliphatic carbocycles. The molecular weight excluding hydrogens is 388 g/mol. The summed E-state index contributed by atoms with van der Waals surface area (Å²) >= 11 is 0. The monoisotopic (exact) mass is 412 g/mol. The van der Waals surface area contributed by atoms with Crippen molar-refractivity contribution in [3.63, 3.8) is 0 Å². The predicted octanol–water partition coefficient (Wildman–Crippen LogP) is 3.65. The van der Waals surface area contributed by atoms with Crippen LogP contribution >= 0.6 is 0 Å². The van der Waals surface area contributed by atoms with Crippen molar-refractivity contribution in [3.8, 4) is 11.4 Å². The van der Waals surface area contributed by atoms with E-state index in [1.807, 2.05) is 31.2 Å². The number of esters is 1. The number of aromatic nitrogens is 3. The smallest absolute Gasteiger partial charge is 0.411 e. The number of carbonyl (C=O) groups is 2. The quantitative estimate of drug-likeness (QED) is 0.449. The Hall–Kier alpha value is -3.62. The zero-order valence-electron chi connectivity index (χ0n) is 17.1. The van der Waals surface area contributed by atoms with Gasteiger partial charge >= 0.3 is 12.1 Å². The summed E-state index contributed by atoms with van der Waals surface area (Å²) in [5.41, 5.74) is 1.53. The first-order valence-electron chi connectivity index (χ1n) is 9.56. The Morgan fingerprint density at radius 1 is 1.07 bits per heavy atom. The maximum atomic E-state index is 11.9. The van der Waals surface area contributed by atoms with Gasteiger partial charge in [-0.15, -0.1) is 15.0 Å². The van der Waals surface area contributed by atoms with Gasteiger partial charge in [-0.1, -0.05) is 19.1 Å². The molecule has 0 spiro atoms. The van der Waals surface area contributed by atoms with Gasteiger partial charge in [-0.05, 0) is 44.5 Å². The maximum Gasteiger partial charge on any atom is 0.411 e. The van der Waals surface area contributed by atoms with Crippen LogP contribution in [0.4, 0.5) is 10.5 Å². The number of nitrogens with zero attached hydrogens (tertiary/aromatic N) is 3. The fourth-order valence-electron chi connectivity index (χ4n) is 2.50. The zero-order chi connectivity index (χ0) is 21.7. The molecule has 2 N–H and O–H groups in total. The lowest BCUT2D eigenvalue weighted by atomic mass is 9.91. The van der Waals surface area contributed by atoms with Crippen LogP contribution in [0.25, 0.3) is 16.7 Å². The highest BCUT2D eigenvalue weighted by Gasteiger charge is 2.26. The number of rotatable bonds is 7. The first kappa shape index (κ1) is 21.1. The second-order valence-electron chi connectivity index (χ2n) is 7.32. The van der Waals surface area contributed by atoms with E-state index in [1.54, 1.807) is 26.0 Å². The topological polar surface area (TPSA) is 116 Å². The number of phenolic OH excluding ortho intramolecular Hbond substituents is 1. The SMILES string of the molecule is CCC(C)(C)C(=O)OCCOC(=O)Nc1ccc(-n2nc3ccccc3n2)c(O)c1. The van der Waals surface area contributed by atoms with E-state index in [0.29, 0.717) is 28.8 Å². The molecule has 0 saturated carbocycles. The molecule has 0 saturated heterocycles. The third-order valence-electron chi connectivity index (χ3n) is 4.71. The molecule has 2 aromatic carbocycles. The van der Waals surface area contributed by atoms with Crippen molar-refractivity contribution in [1.29, 1.82) is 0 Å². The number of phenols is 1. The van der Waals surface area contributed by atoms with Crippen molar-refractivity contribution in [2.24, 2.45) is 5.41 Å². The number of fused-ring (bicyclic) bond motifs is 1. The molecule has 3 rings (SSSR count). The number of hydrogen-bond acceptors (Lipinski definition) is 7. The number of ether oxygens (including phenoxy) is 2. The van der Waals surface area contributed by atoms with E-state index in [9.17, 15) is 14.7 Å². The van der Waals surface area contributed by atoms with E-state index >= 15 is 0 Å². The second-order valence-corrected chi connectivity index (χ2v) is 7.32. The number of aromatic hydroxyl groups is 1. The van der Waals surface area contributed by atoms with E-state index in [-0.39, 0.29) is 24.9 Å². The summed E-state index contributed by atoms with van der Waals surface area (Å²) in [5, 5.41) is 21.4. The fraction of sp³-hybridized carbons (Fsp3) is 0.333. The average Bonchev–Trinajstić information content (AvgIpc) is 3.15. The largest absolute Gasteiger partial charge is 0.506 e. The standard InChI is InChI=1S/C21H24N4O5/c1-4-21(2,3)19(27)29-11-12-30-20(28)22-14-9-10-17(18(26)13-14)25-23-15-7-5-6-8-16(15)24-25/h5-10,13,26H,4,11-12H2,1-3H3,(H,22,28). The molecule has 0 unspecified atom stereocenters. The van der Waals surface area contributed by atoms with Crippen LogP contribution in [0.2, 0.25) is 0 Å². The van der Waals surface area contributed by atoms with Gasteiger partial charge in [0.05, 0.1) is 5.41 Å². The third-order valence-corrected chi connectivity index (χ3v) is 4.71. The van der Waals surface area contributed by atoms with Crippen LogP contribution in [0, 0.1) is 5.41 Å². The molecule has 3 aromatic rings. The van der Waals surface area contributed by atoms with E-state index in [0.717, 1.165) is 0 Å². The molecule has 0 aliphatic heterocycles. The molecule has 1 amide bonds. The van der Waals surface area contributed by atoms with Crippen LogP contribution in [0.3, 0.4) is 0 Å². The highest BCUT2D eigenvalue weighted by molar-refractivity contribution is 5.85. The maximum absolute atomic E-state index is 11.9. The molecule has 9 nitrogen and oxygen atoms in total. The highest BCUT2D eigenvalue weighted by atomic mass is 16.6. The number of nitrogens with one attached hydrogen (secondary N) is 1. The van der Waals surface area contributed by atoms with Crippen molar-refractivity contribution in [2.45, 2.75) is 27.2 Å². The molecule has 1 aromatic heterocycles. The lowest BCUT2D eigenvalue weighted by Gasteiger charge is -2.20. The van der Waals surface area contributed by atoms with Crippen molar-refractivity contribution in [1.82, 2.24) is 15.0 Å². The second kappa shape index (κ2) is 8.81. The molecule has 9 heteroatoms. The number of amides is 1. The lowest BCUT2D eigenvalue weighted by molar-refractivity contribution is -0.155. The third kappa shape index (κ3) is 4.86. The van der Waals surface area contributed by atoms with E-state index < -0.39 is 11.5 Å². The van der Waals surface area contributed by atoms with Crippen LogP contribution in [0.5, 0.6) is 5.75 Å². The summed E-state index contributed by atoms with van der Waals surface area (Å²) in [6.07, 6.45) is -0.0765. The molecule has 0 fully saturated rings. The summed E-state index contributed by atoms with van der Waals surface area (Å²) < 4.78 is 10.1. The van der Waals surface area contributed by atoms with Gasteiger partial charge in [0, 0.05) is 11.8 Å². The van der Waals surface area contributed by atoms with Gasteiger partial charge in [0.15, 0.2) is 0 Å². The van der Waals surface area contributed by atoms with E-state index in [2.05, 4.69) is 15.5 Å². The first-order chi connectivity index (χ1) is 14.3. The lowest BCUT2D eigenvalue weighted by Crippen LogP contribution is -2.27. The Labute approximate surface area is 173 Å². The molecular formula is C21H24N4O5. The fourth-order valence-corrected chi connectivity index (χ4v) is 2.50. The number of anilines is 1. The molecule has 30 heavy (non-hydrogen) atoms. The van der Waals surface area contributed by atoms with Crippen LogP contribution in [0.1, 0.15) is 27.2 Å². The minimum atomic E-state index is -0.726. The van der Waals surface area contributed by atoms with Crippen LogP contribution < -0.4 is 5.32 Å². The molecule has 158 valence electrons. The molecule has 0 aliphatic rings. The van der Waals surface area contributed by atoms with Crippen molar-refractivity contribution >= 4 is 28.8 Å². The van der Waals surface area contributed by atoms with Gasteiger partial charge in [0.25, 0.3) is 0 Å². The van der Waals surface area contributed by atoms with Gasteiger partial charge in [0.1, 0.15) is 35.7 Å². The van der Waals surface area contributed by atoms with Crippen molar-refractivity contribution in [2.75, 3.05) is 18.5 Å². The minimum absolute atomic E-state index is 0.0294. The number of benzene rings is 2. The average molecular weight is 412 g/mol. The predicted molar refractivity (Wildman–Crippen MR) is 111 cm³/mol. The van der Waals surface area contributed by atoms with Gasteiger partial charge in [-0.3, -0.25) is 10.1 Å². The van der Waals surface area contributed by atoms with E-state index in [4.69, 9.17) is 9.47 Å². The number of hydrogen-bond donors (Lipinski definition) is 2. The van der Waals surface area contributed by atoms with Gasteiger partial charge in [-0.2, -0.15) is 0 Å². The van der Waals surface area contributed by atoms with Crippen molar-refractivity contribution in [3.05, 3.63) is 42.5 Å². The highest BCUT2D eigenvalue weighted by Crippen LogP contribution is 2.25. The molecule has 0 bridgehead atoms. The zero-order valence-corrected chi connectivity index (χ0v) is 17.1. The Morgan fingerprint density at radius 3 is 2.30 bits per heavy atom. The number of carbonyl (C=O) groups excluding carboxylic acids is 2. The Balaban J connectivity index is 1.54. The van der Waals surface area contributed by atoms with E-state index in [1.165, 1.54) is 10.9 Å². The van der Waals surface area contributed by atoms with Crippen molar-refractivity contribution < 1.29 is 24.2 Å². The summed E-state index contributed by atoms with van der Waals surface area (Å²) in [4.78, 5) is 25.1. The van der Waals surface area contributed by atoms with Crippen LogP contribution in [-0.2, 0) is 14.3 Å². The Morgan fingerprint density at radius 2 is 1.70 bits per heavy atom. The van der Waals surface area contributed by atoms with Gasteiger partial charge < -0.3 is 14.6 Å². The normalized spacial score (nSPS) is 11.3. The Bertz CT molecular complexity index is 1030. The van der Waals surface area contributed by atoms with Crippen LogP contribution in [-0.4, -0.2) is 45.4 Å². The molecule has 0 radical (unpaired) electrons. The van der Waals surface area contributed by atoms with Gasteiger partial charge in [-0.25, -0.2) is 4.79 Å². The summed E-state index contributed by atoms with van der Waals surface area (Å²) in [6, 6.07) is 11.9. The summed E-state index contributed by atoms with van der Waals surface area (Å²) in [7, 11) is 0. The van der Waals surface area contributed by atoms with Crippen LogP contribution in [0.15, 0.2) is 42.5 Å².